The Morgan fingerprint density at radius 2 is 1.15 bits per heavy atom. The summed E-state index contributed by atoms with van der Waals surface area (Å²) in [6.07, 6.45) is 1.14. The van der Waals surface area contributed by atoms with E-state index in [0.717, 1.165) is 90.1 Å². The summed E-state index contributed by atoms with van der Waals surface area (Å²) in [6, 6.07) is 20.5. The van der Waals surface area contributed by atoms with Crippen LogP contribution in [0.1, 0.15) is 127 Å². The van der Waals surface area contributed by atoms with E-state index in [-0.39, 0.29) is 59.3 Å². The van der Waals surface area contributed by atoms with E-state index in [1.165, 1.54) is 24.1 Å². The molecule has 4 heterocycles. The highest BCUT2D eigenvalue weighted by Crippen LogP contribution is 2.39. The van der Waals surface area contributed by atoms with Crippen molar-refractivity contribution in [3.63, 3.8) is 0 Å². The van der Waals surface area contributed by atoms with Crippen molar-refractivity contribution in [2.75, 3.05) is 23.8 Å². The summed E-state index contributed by atoms with van der Waals surface area (Å²) >= 11 is 0. The molecule has 4 aromatic carbocycles. The lowest BCUT2D eigenvalue weighted by atomic mass is 9.80. The van der Waals surface area contributed by atoms with E-state index < -0.39 is 53.6 Å². The lowest BCUT2D eigenvalue weighted by Gasteiger charge is -2.25. The molecule has 0 radical (unpaired) electrons. The van der Waals surface area contributed by atoms with Crippen LogP contribution in [-0.2, 0) is 60.5 Å². The molecular weight excluding hydrogens is 1040 g/mol. The normalized spacial score (nSPS) is 17.3. The van der Waals surface area contributed by atoms with E-state index in [1.807, 2.05) is 30.3 Å². The summed E-state index contributed by atoms with van der Waals surface area (Å²) in [6.45, 7) is 0.636. The fraction of sp³-hybridized carbons (Fsp3) is 0.345. The Bertz CT molecular complexity index is 3260. The maximum absolute atomic E-state index is 13.5. The number of aromatic nitrogens is 2. The molecule has 2 aliphatic heterocycles. The van der Waals surface area contributed by atoms with Crippen molar-refractivity contribution in [2.45, 2.75) is 108 Å². The second-order valence-electron chi connectivity index (χ2n) is 20.0. The van der Waals surface area contributed by atoms with Crippen LogP contribution in [-0.4, -0.2) is 68.1 Å². The number of hydrogen-bond donors (Lipinski definition) is 7. The summed E-state index contributed by atoms with van der Waals surface area (Å²) in [4.78, 5) is 55.4. The number of carbonyl (C=O) groups excluding carboxylic acids is 3. The van der Waals surface area contributed by atoms with Gasteiger partial charge in [-0.3, -0.25) is 14.4 Å². The molecule has 4 atom stereocenters. The number of hydrogen-bond acceptors (Lipinski definition) is 12. The minimum atomic E-state index is -4.64. The molecule has 15 nitrogen and oxygen atoms in total. The number of benzene rings is 4. The lowest BCUT2D eigenvalue weighted by molar-refractivity contribution is -0.138. The molecule has 79 heavy (non-hydrogen) atoms. The number of fused-ring (bicyclic) bond motifs is 4. The molecule has 0 saturated heterocycles. The number of amides is 2. The van der Waals surface area contributed by atoms with Crippen LogP contribution in [0.25, 0.3) is 0 Å². The number of carbonyl (C=O) groups is 4. The Balaban J connectivity index is 0.000000173. The number of anilines is 2. The number of aromatic carboxylic acids is 1. The van der Waals surface area contributed by atoms with Gasteiger partial charge in [-0.15, -0.1) is 0 Å². The molecule has 0 unspecified atom stereocenters. The summed E-state index contributed by atoms with van der Waals surface area (Å²) in [7, 11) is 0. The lowest BCUT2D eigenvalue weighted by Crippen LogP contribution is -2.27. The van der Waals surface area contributed by atoms with Gasteiger partial charge in [0, 0.05) is 66.9 Å². The number of alkyl halides is 6. The van der Waals surface area contributed by atoms with Gasteiger partial charge in [0.15, 0.2) is 5.78 Å². The largest absolute Gasteiger partial charge is 0.478 e. The first-order chi connectivity index (χ1) is 37.5. The Morgan fingerprint density at radius 3 is 1.67 bits per heavy atom. The number of Topliss-reactive ketones (excluding diaryl/α,β-unsaturated/α-hetero) is 1. The smallest absolute Gasteiger partial charge is 0.416 e. The monoisotopic (exact) mass is 1100 g/mol. The molecule has 4 aliphatic rings. The van der Waals surface area contributed by atoms with Crippen molar-refractivity contribution >= 4 is 35.2 Å². The van der Waals surface area contributed by atoms with Crippen LogP contribution in [0.4, 0.5) is 38.0 Å². The van der Waals surface area contributed by atoms with Crippen LogP contribution in [0.5, 0.6) is 23.0 Å². The zero-order valence-electron chi connectivity index (χ0n) is 42.8. The van der Waals surface area contributed by atoms with E-state index >= 15 is 0 Å². The van der Waals surface area contributed by atoms with E-state index in [0.29, 0.717) is 61.3 Å². The topological polar surface area (TPSA) is 249 Å². The number of halogens is 6. The summed E-state index contributed by atoms with van der Waals surface area (Å²) in [5.41, 5.74) is 16.2. The van der Waals surface area contributed by atoms with E-state index in [2.05, 4.69) is 32.7 Å². The first kappa shape index (κ1) is 57.5. The SMILES string of the molecule is C[C@H](CO)c1cc(C(=O)O)cc(C(F)(F)F)c1.N[C@@H]1CCc2ccc(Oc3ccnc4c3CCC(=O)N4)cc2C1.N[C@H](CO)c1cc(C(=O)C[C@@H]2CCc3ccc(Oc4ccnc5c4CCC(=O)N5)cc3C2)cc(C(F)(F)F)c1. The van der Waals surface area contributed by atoms with Gasteiger partial charge in [-0.25, -0.2) is 14.8 Å². The molecule has 2 aliphatic carbocycles. The molecule has 0 bridgehead atoms. The van der Waals surface area contributed by atoms with Crippen LogP contribution < -0.4 is 31.6 Å². The number of rotatable bonds is 12. The molecule has 0 fully saturated rings. The van der Waals surface area contributed by atoms with Gasteiger partial charge in [-0.2, -0.15) is 26.3 Å². The highest BCUT2D eigenvalue weighted by atomic mass is 19.4. The molecular formula is C58H58F6N6O9. The van der Waals surface area contributed by atoms with Gasteiger partial charge in [0.1, 0.15) is 34.6 Å². The van der Waals surface area contributed by atoms with Crippen molar-refractivity contribution < 1.29 is 70.3 Å². The van der Waals surface area contributed by atoms with Crippen LogP contribution in [0, 0.1) is 5.92 Å². The number of ether oxygens (including phenoxy) is 2. The number of nitrogens with zero attached hydrogens (tertiary/aromatic N) is 2. The Hall–Kier alpha value is -7.72. The van der Waals surface area contributed by atoms with Gasteiger partial charge < -0.3 is 46.9 Å². The van der Waals surface area contributed by atoms with E-state index in [4.69, 9.17) is 31.2 Å². The van der Waals surface area contributed by atoms with Gasteiger partial charge in [0.2, 0.25) is 11.8 Å². The average molecular weight is 1100 g/mol. The molecule has 0 spiro atoms. The standard InChI is InChI=1S/C29H28F3N3O4.C18H19N3O2.C11H11F3O3/c30-29(31,32)21-12-19(24(33)15-36)11-20(13-21)25(37)10-16-1-2-17-3-4-22(14-18(17)9-16)39-26-7-8-34-28-23(26)5-6-27(38)35-28;19-13-3-1-11-2-4-14(10-12(11)9-13)23-16-7-8-20-18-15(16)5-6-17(22)21-18;1-6(5-15)7-2-8(10(16)17)4-9(3-7)11(12,13)14/h3-4,7-8,11-14,16,24,36H,1-2,5-6,9-10,15,33H2,(H,34,35,38);2,4,7-8,10,13H,1,3,5-6,9,19H2,(H,20,21,22);2-4,6,15H,5H2,1H3,(H,16,17)/t16-,24-;13-;6-/m111/s1. The number of nitrogens with one attached hydrogen (secondary N) is 2. The van der Waals surface area contributed by atoms with Crippen molar-refractivity contribution in [3.8, 4) is 23.0 Å². The summed E-state index contributed by atoms with van der Waals surface area (Å²) in [5.74, 6) is 1.42. The van der Waals surface area contributed by atoms with E-state index in [9.17, 15) is 50.6 Å². The quantitative estimate of drug-likeness (QED) is 0.0446. The number of aryl methyl sites for hydroxylation is 2. The molecule has 2 aromatic heterocycles. The van der Waals surface area contributed by atoms with Gasteiger partial charge in [-0.05, 0) is 163 Å². The number of carboxylic acid groups (broad SMARTS) is 1. The zero-order chi connectivity index (χ0) is 56.8. The fourth-order valence-corrected chi connectivity index (χ4v) is 9.84. The molecule has 9 N–H and O–H groups in total. The molecule has 416 valence electrons. The van der Waals surface area contributed by atoms with Crippen LogP contribution >= 0.6 is 0 Å². The molecule has 2 amide bonds. The predicted molar refractivity (Wildman–Crippen MR) is 279 cm³/mol. The van der Waals surface area contributed by atoms with E-state index in [1.54, 1.807) is 18.5 Å². The first-order valence-electron chi connectivity index (χ1n) is 25.6. The van der Waals surface area contributed by atoms with Gasteiger partial charge in [0.25, 0.3) is 0 Å². The Labute approximate surface area is 450 Å². The third-order valence-electron chi connectivity index (χ3n) is 14.2. The maximum atomic E-state index is 13.5. The summed E-state index contributed by atoms with van der Waals surface area (Å²) < 4.78 is 90.2. The van der Waals surface area contributed by atoms with Crippen molar-refractivity contribution in [2.24, 2.45) is 17.4 Å². The van der Waals surface area contributed by atoms with Crippen molar-refractivity contribution in [3.05, 3.63) is 164 Å². The molecule has 10 rings (SSSR count). The fourth-order valence-electron chi connectivity index (χ4n) is 9.84. The zero-order valence-corrected chi connectivity index (χ0v) is 42.8. The molecule has 6 aromatic rings. The number of aliphatic hydroxyl groups is 2. The van der Waals surface area contributed by atoms with Gasteiger partial charge in [-0.1, -0.05) is 19.1 Å². The second kappa shape index (κ2) is 24.5. The predicted octanol–water partition coefficient (Wildman–Crippen LogP) is 10.2. The summed E-state index contributed by atoms with van der Waals surface area (Å²) in [5, 5.41) is 32.5. The second-order valence-corrected chi connectivity index (χ2v) is 20.0. The number of aliphatic hydroxyl groups excluding tert-OH is 2. The minimum absolute atomic E-state index is 0.00455. The maximum Gasteiger partial charge on any atom is 0.416 e. The highest BCUT2D eigenvalue weighted by molar-refractivity contribution is 5.97. The number of carboxylic acids is 1. The van der Waals surface area contributed by atoms with Crippen LogP contribution in [0.2, 0.25) is 0 Å². The Morgan fingerprint density at radius 1 is 0.646 bits per heavy atom. The number of nitrogens with two attached hydrogens (primary N) is 2. The number of pyridine rings is 2. The average Bonchev–Trinajstić information content (AvgIpc) is 3.47. The molecule has 0 saturated carbocycles. The number of ketones is 1. The minimum Gasteiger partial charge on any atom is -0.478 e. The van der Waals surface area contributed by atoms with Crippen molar-refractivity contribution in [1.82, 2.24) is 9.97 Å². The van der Waals surface area contributed by atoms with Gasteiger partial charge >= 0.3 is 18.3 Å². The van der Waals surface area contributed by atoms with Crippen LogP contribution in [0.3, 0.4) is 0 Å². The first-order valence-corrected chi connectivity index (χ1v) is 25.6. The van der Waals surface area contributed by atoms with Crippen LogP contribution in [0.15, 0.2) is 97.3 Å². The van der Waals surface area contributed by atoms with Crippen molar-refractivity contribution in [1.29, 1.82) is 0 Å². The third kappa shape index (κ3) is 14.5. The van der Waals surface area contributed by atoms with Gasteiger partial charge in [0.05, 0.1) is 29.3 Å². The Kier molecular flexibility index (Phi) is 17.8. The third-order valence-corrected chi connectivity index (χ3v) is 14.2. The highest BCUT2D eigenvalue weighted by Gasteiger charge is 2.34. The molecule has 21 heteroatoms.